The van der Waals surface area contributed by atoms with E-state index < -0.39 is 0 Å². The maximum atomic E-state index is 2.37. The molecule has 0 saturated heterocycles. The van der Waals surface area contributed by atoms with Crippen LogP contribution in [0.5, 0.6) is 0 Å². The summed E-state index contributed by atoms with van der Waals surface area (Å²) in [6.45, 7) is 14.2. The van der Waals surface area contributed by atoms with E-state index in [1.165, 1.54) is 77.0 Å². The van der Waals surface area contributed by atoms with Crippen LogP contribution in [0.15, 0.2) is 0 Å². The summed E-state index contributed by atoms with van der Waals surface area (Å²) in [5.74, 6) is 6.12. The molecule has 0 N–H and O–H groups in total. The number of hydrogen-bond donors (Lipinski definition) is 0. The molecule has 0 aromatic carbocycles. The zero-order valence-electron chi connectivity index (χ0n) is 18.5. The molecular weight excluding hydrogens is 401 g/mol. The molecule has 3 rings (SSSR count). The monoisotopic (exact) mass is 457 g/mol. The summed E-state index contributed by atoms with van der Waals surface area (Å²) < 4.78 is 0. The van der Waals surface area contributed by atoms with Gasteiger partial charge in [0.25, 0.3) is 0 Å². The van der Waals surface area contributed by atoms with Crippen molar-refractivity contribution in [1.29, 1.82) is 0 Å². The van der Waals surface area contributed by atoms with Crippen LogP contribution in [-0.4, -0.2) is 0 Å². The third-order valence-electron chi connectivity index (χ3n) is 6.91. The van der Waals surface area contributed by atoms with E-state index in [-0.39, 0.29) is 47.6 Å². The second kappa shape index (κ2) is 19.1. The minimum absolute atomic E-state index is 0. The van der Waals surface area contributed by atoms with Crippen molar-refractivity contribution in [1.82, 2.24) is 0 Å². The van der Waals surface area contributed by atoms with Crippen molar-refractivity contribution in [2.45, 2.75) is 133 Å². The molecule has 3 fully saturated rings. The van der Waals surface area contributed by atoms with Crippen LogP contribution in [0.4, 0.5) is 0 Å². The molecule has 0 amide bonds. The molecule has 0 bridgehead atoms. The Bertz CT molecular complexity index is 199. The Balaban J connectivity index is -0.000000303. The maximum Gasteiger partial charge on any atom is 0 e. The van der Waals surface area contributed by atoms with Gasteiger partial charge in [0.15, 0.2) is 0 Å². The van der Waals surface area contributed by atoms with Gasteiger partial charge in [0.2, 0.25) is 0 Å². The molecule has 3 aliphatic rings. The Morgan fingerprint density at radius 3 is 0.444 bits per heavy atom. The van der Waals surface area contributed by atoms with Gasteiger partial charge in [-0.25, -0.2) is 0 Å². The topological polar surface area (TPSA) is 0 Å². The van der Waals surface area contributed by atoms with E-state index in [2.05, 4.69) is 41.5 Å². The summed E-state index contributed by atoms with van der Waals surface area (Å²) in [6.07, 6.45) is 17.7. The van der Waals surface area contributed by atoms with Gasteiger partial charge < -0.3 is 0 Å². The fraction of sp³-hybridized carbons (Fsp3) is 1.00. The normalized spacial score (nSPS) is 35.3. The van der Waals surface area contributed by atoms with Crippen molar-refractivity contribution in [3.8, 4) is 0 Å². The summed E-state index contributed by atoms with van der Waals surface area (Å²) >= 11 is 0. The number of hydrogen-bond acceptors (Lipinski definition) is 0. The van der Waals surface area contributed by atoms with E-state index in [1.807, 2.05) is 0 Å². The van der Waals surface area contributed by atoms with Crippen LogP contribution in [0.2, 0.25) is 0 Å². The molecule has 0 aromatic heterocycles. The van der Waals surface area contributed by atoms with Crippen LogP contribution in [0.25, 0.3) is 0 Å². The Kier molecular flexibility index (Phi) is 23.2. The third kappa shape index (κ3) is 17.7. The Labute approximate surface area is 200 Å². The van der Waals surface area contributed by atoms with Crippen molar-refractivity contribution in [2.75, 3.05) is 0 Å². The van der Waals surface area contributed by atoms with Crippen molar-refractivity contribution in [3.63, 3.8) is 0 Å². The maximum absolute atomic E-state index is 2.37. The molecule has 0 unspecified atom stereocenters. The first-order valence-corrected chi connectivity index (χ1v) is 11.4. The average molecular weight is 458 g/mol. The summed E-state index contributed by atoms with van der Waals surface area (Å²) in [5.41, 5.74) is 0. The van der Waals surface area contributed by atoms with Crippen LogP contribution >= 0.6 is 0 Å². The molecule has 3 saturated carbocycles. The van der Waals surface area contributed by atoms with E-state index in [0.29, 0.717) is 0 Å². The van der Waals surface area contributed by atoms with Crippen molar-refractivity contribution in [2.24, 2.45) is 35.5 Å². The standard InChI is InChI=1S/3C8H16.2CH4.Y/c3*1-7-3-5-8(2)6-4-7;;;/h3*7-8H,3-6H2,1-2H3;2*1H4;. The average Bonchev–Trinajstić information content (AvgIpc) is 2.57. The first-order valence-electron chi connectivity index (χ1n) is 11.4. The molecule has 0 nitrogen and oxygen atoms in total. The Morgan fingerprint density at radius 1 is 0.296 bits per heavy atom. The molecule has 0 heterocycles. The van der Waals surface area contributed by atoms with Gasteiger partial charge in [-0.3, -0.25) is 0 Å². The van der Waals surface area contributed by atoms with Crippen LogP contribution < -0.4 is 0 Å². The van der Waals surface area contributed by atoms with E-state index in [0.717, 1.165) is 35.5 Å². The van der Waals surface area contributed by atoms with Gasteiger partial charge >= 0.3 is 0 Å². The van der Waals surface area contributed by atoms with Crippen molar-refractivity contribution in [3.05, 3.63) is 0 Å². The van der Waals surface area contributed by atoms with Gasteiger partial charge in [0.1, 0.15) is 0 Å². The first-order chi connectivity index (χ1) is 11.4. The van der Waals surface area contributed by atoms with E-state index in [4.69, 9.17) is 0 Å². The molecule has 163 valence electrons. The van der Waals surface area contributed by atoms with E-state index >= 15 is 0 Å². The van der Waals surface area contributed by atoms with Crippen LogP contribution in [0, 0.1) is 35.5 Å². The molecular formula is C26H56Y. The van der Waals surface area contributed by atoms with Gasteiger partial charge in [-0.2, -0.15) is 0 Å². The van der Waals surface area contributed by atoms with Gasteiger partial charge in [-0.15, -0.1) is 0 Å². The largest absolute Gasteiger partial charge is 0.0776 e. The van der Waals surface area contributed by atoms with Crippen LogP contribution in [-0.2, 0) is 32.7 Å². The third-order valence-corrected chi connectivity index (χ3v) is 6.91. The van der Waals surface area contributed by atoms with Gasteiger partial charge in [0, 0.05) is 32.7 Å². The molecule has 0 spiro atoms. The van der Waals surface area contributed by atoms with Gasteiger partial charge in [0.05, 0.1) is 0 Å². The smallest absolute Gasteiger partial charge is 0 e. The first kappa shape index (κ1) is 32.8. The zero-order valence-corrected chi connectivity index (χ0v) is 21.4. The predicted octanol–water partition coefficient (Wildman–Crippen LogP) is 9.77. The molecule has 0 aliphatic heterocycles. The minimum atomic E-state index is 0. The predicted molar refractivity (Wildman–Crippen MR) is 124 cm³/mol. The fourth-order valence-corrected chi connectivity index (χ4v) is 4.28. The minimum Gasteiger partial charge on any atom is -0.0776 e. The van der Waals surface area contributed by atoms with Crippen molar-refractivity contribution < 1.29 is 32.7 Å². The number of rotatable bonds is 0. The SMILES string of the molecule is C.C.CC1CCC(C)CC1.CC1CCC(C)CC1.CC1CCC(C)CC1.[Y]. The summed E-state index contributed by atoms with van der Waals surface area (Å²) in [5, 5.41) is 0. The summed E-state index contributed by atoms with van der Waals surface area (Å²) in [7, 11) is 0. The van der Waals surface area contributed by atoms with Gasteiger partial charge in [-0.1, -0.05) is 133 Å². The molecule has 0 aromatic rings. The molecule has 1 heteroatoms. The van der Waals surface area contributed by atoms with Crippen LogP contribution in [0.3, 0.4) is 0 Å². The van der Waals surface area contributed by atoms with Crippen molar-refractivity contribution >= 4 is 0 Å². The molecule has 3 aliphatic carbocycles. The zero-order chi connectivity index (χ0) is 17.9. The second-order valence-electron chi connectivity index (χ2n) is 10.1. The summed E-state index contributed by atoms with van der Waals surface area (Å²) in [4.78, 5) is 0. The van der Waals surface area contributed by atoms with E-state index in [1.54, 1.807) is 0 Å². The van der Waals surface area contributed by atoms with Gasteiger partial charge in [-0.05, 0) is 35.5 Å². The Morgan fingerprint density at radius 2 is 0.370 bits per heavy atom. The molecule has 0 atom stereocenters. The Hall–Kier alpha value is 1.10. The quantitative estimate of drug-likeness (QED) is 0.339. The molecule has 1 radical (unpaired) electrons. The fourth-order valence-electron chi connectivity index (χ4n) is 4.28. The second-order valence-corrected chi connectivity index (χ2v) is 10.1. The van der Waals surface area contributed by atoms with Crippen LogP contribution in [0.1, 0.15) is 133 Å². The van der Waals surface area contributed by atoms with E-state index in [9.17, 15) is 0 Å². The molecule has 27 heavy (non-hydrogen) atoms. The summed E-state index contributed by atoms with van der Waals surface area (Å²) in [6, 6.07) is 0.